The van der Waals surface area contributed by atoms with Crippen LogP contribution >= 0.6 is 11.6 Å². The molecule has 0 aliphatic rings. The molecule has 0 aliphatic heterocycles. The third kappa shape index (κ3) is 5.17. The molecule has 4 aromatic rings. The molecule has 0 fully saturated rings. The number of carbonyl (C=O) groups excluding carboxylic acids is 1. The average molecular weight is 462 g/mol. The van der Waals surface area contributed by atoms with Crippen LogP contribution in [0.15, 0.2) is 66.9 Å². The summed E-state index contributed by atoms with van der Waals surface area (Å²) in [5.74, 6) is -1.02. The molecule has 0 aliphatic carbocycles. The van der Waals surface area contributed by atoms with Gasteiger partial charge in [-0.15, -0.1) is 0 Å². The number of hydrogen-bond acceptors (Lipinski definition) is 4. The van der Waals surface area contributed by atoms with Crippen molar-refractivity contribution in [2.45, 2.75) is 19.8 Å². The average Bonchev–Trinajstić information content (AvgIpc) is 3.12. The van der Waals surface area contributed by atoms with Crippen LogP contribution in [0.4, 0.5) is 4.39 Å². The van der Waals surface area contributed by atoms with Crippen LogP contribution in [0.25, 0.3) is 10.9 Å². The molecule has 0 spiro atoms. The van der Waals surface area contributed by atoms with Crippen molar-refractivity contribution in [2.75, 3.05) is 0 Å². The van der Waals surface area contributed by atoms with Crippen molar-refractivity contribution in [3.63, 3.8) is 0 Å². The third-order valence-corrected chi connectivity index (χ3v) is 5.28. The molecule has 32 heavy (non-hydrogen) atoms. The van der Waals surface area contributed by atoms with Crippen LogP contribution < -0.4 is 39.4 Å². The Hall–Kier alpha value is -2.35. The number of rotatable bonds is 7. The number of carbonyl (C=O) groups is 1. The predicted molar refractivity (Wildman–Crippen MR) is 113 cm³/mol. The van der Waals surface area contributed by atoms with Gasteiger partial charge in [-0.1, -0.05) is 35.9 Å². The van der Waals surface area contributed by atoms with E-state index in [4.69, 9.17) is 16.3 Å². The fraction of sp³-hybridized carbons (Fsp3) is 0.125. The van der Waals surface area contributed by atoms with Gasteiger partial charge in [0, 0.05) is 38.8 Å². The van der Waals surface area contributed by atoms with E-state index in [1.165, 1.54) is 18.2 Å². The molecule has 0 radical (unpaired) electrons. The molecule has 1 heterocycles. The quantitative estimate of drug-likeness (QED) is 0.415. The summed E-state index contributed by atoms with van der Waals surface area (Å²) in [6, 6.07) is 16.2. The molecular formula is C24H18ClFNNaO4. The van der Waals surface area contributed by atoms with E-state index < -0.39 is 5.97 Å². The number of aliphatic hydroxyl groups is 1. The summed E-state index contributed by atoms with van der Waals surface area (Å²) in [4.78, 5) is 11.5. The van der Waals surface area contributed by atoms with Gasteiger partial charge in [0.25, 0.3) is 0 Å². The Kier molecular flexibility index (Phi) is 7.98. The van der Waals surface area contributed by atoms with Gasteiger partial charge in [-0.3, -0.25) is 0 Å². The minimum atomic E-state index is -1.30. The summed E-state index contributed by atoms with van der Waals surface area (Å²) >= 11 is 6.20. The molecule has 0 saturated carbocycles. The third-order valence-electron chi connectivity index (χ3n) is 5.05. The number of aromatic carboxylic acids is 1. The number of aliphatic hydroxyl groups excluding tert-OH is 1. The maximum Gasteiger partial charge on any atom is 1.00 e. The van der Waals surface area contributed by atoms with E-state index in [-0.39, 0.29) is 54.2 Å². The Balaban J connectivity index is 0.00000289. The first-order valence-corrected chi connectivity index (χ1v) is 9.92. The predicted octanol–water partition coefficient (Wildman–Crippen LogP) is 0.921. The van der Waals surface area contributed by atoms with E-state index in [0.29, 0.717) is 33.8 Å². The molecular weight excluding hydrogens is 444 g/mol. The zero-order valence-corrected chi connectivity index (χ0v) is 20.1. The van der Waals surface area contributed by atoms with E-state index in [0.717, 1.165) is 11.1 Å². The zero-order chi connectivity index (χ0) is 22.0. The van der Waals surface area contributed by atoms with Crippen molar-refractivity contribution in [3.8, 4) is 5.75 Å². The van der Waals surface area contributed by atoms with Crippen molar-refractivity contribution in [3.05, 3.63) is 100.0 Å². The molecule has 0 amide bonds. The standard InChI is InChI=1S/C24H19ClFNO4.Na/c25-18-6-9-22(31-14-15-4-7-19(26)8-5-15)16(10-18)11-27-12-17(13-28)23-20(24(29)30)2-1-3-21(23)27;/h1-10,12,28H,11,13-14H2,(H,29,30);/q;+1/p-1. The van der Waals surface area contributed by atoms with Gasteiger partial charge in [-0.25, -0.2) is 4.39 Å². The van der Waals surface area contributed by atoms with Crippen LogP contribution in [0.5, 0.6) is 5.75 Å². The Morgan fingerprint density at radius 2 is 1.84 bits per heavy atom. The second-order valence-electron chi connectivity index (χ2n) is 7.09. The van der Waals surface area contributed by atoms with Crippen LogP contribution in [-0.2, 0) is 19.8 Å². The number of ether oxygens (including phenoxy) is 1. The van der Waals surface area contributed by atoms with Crippen LogP contribution in [0.3, 0.4) is 0 Å². The number of carboxylic acid groups (broad SMARTS) is 1. The summed E-state index contributed by atoms with van der Waals surface area (Å²) in [6.07, 6.45) is 1.71. The van der Waals surface area contributed by atoms with Gasteiger partial charge in [-0.2, -0.15) is 0 Å². The minimum Gasteiger partial charge on any atom is -0.545 e. The van der Waals surface area contributed by atoms with Gasteiger partial charge in [0.15, 0.2) is 0 Å². The van der Waals surface area contributed by atoms with Crippen molar-refractivity contribution in [1.29, 1.82) is 0 Å². The van der Waals surface area contributed by atoms with E-state index in [1.807, 2.05) is 4.57 Å². The summed E-state index contributed by atoms with van der Waals surface area (Å²) < 4.78 is 20.9. The largest absolute Gasteiger partial charge is 1.00 e. The Morgan fingerprint density at radius 1 is 1.09 bits per heavy atom. The second-order valence-corrected chi connectivity index (χ2v) is 7.53. The van der Waals surface area contributed by atoms with Gasteiger partial charge in [0.05, 0.1) is 19.1 Å². The Labute approximate surface area is 211 Å². The zero-order valence-electron chi connectivity index (χ0n) is 17.3. The van der Waals surface area contributed by atoms with Crippen molar-refractivity contribution in [1.82, 2.24) is 4.57 Å². The maximum atomic E-state index is 13.1. The normalized spacial score (nSPS) is 10.7. The van der Waals surface area contributed by atoms with Gasteiger partial charge in [0.2, 0.25) is 0 Å². The van der Waals surface area contributed by atoms with Crippen LogP contribution in [-0.4, -0.2) is 15.6 Å². The smallest absolute Gasteiger partial charge is 0.545 e. The molecule has 4 rings (SSSR count). The summed E-state index contributed by atoms with van der Waals surface area (Å²) in [5, 5.41) is 22.2. The molecule has 1 N–H and O–H groups in total. The summed E-state index contributed by atoms with van der Waals surface area (Å²) in [5.41, 5.74) is 2.75. The van der Waals surface area contributed by atoms with Gasteiger partial charge < -0.3 is 24.3 Å². The molecule has 1 aromatic heterocycles. The number of nitrogens with zero attached hydrogens (tertiary/aromatic N) is 1. The molecule has 0 unspecified atom stereocenters. The Bertz CT molecular complexity index is 1260. The SMILES string of the molecule is O=C([O-])c1cccc2c1c(CO)cn2Cc1cc(Cl)ccc1OCc1ccc(F)cc1.[Na+]. The monoisotopic (exact) mass is 461 g/mol. The first kappa shape index (κ1) is 24.3. The molecule has 0 atom stereocenters. The van der Waals surface area contributed by atoms with E-state index >= 15 is 0 Å². The van der Waals surface area contributed by atoms with Crippen LogP contribution in [0.1, 0.15) is 27.0 Å². The second kappa shape index (κ2) is 10.5. The number of hydrogen-bond donors (Lipinski definition) is 1. The summed E-state index contributed by atoms with van der Waals surface area (Å²) in [6.45, 7) is 0.279. The fourth-order valence-electron chi connectivity index (χ4n) is 3.60. The van der Waals surface area contributed by atoms with E-state index in [1.54, 1.807) is 48.7 Å². The topological polar surface area (TPSA) is 74.5 Å². The number of carboxylic acids is 1. The summed E-state index contributed by atoms with van der Waals surface area (Å²) in [7, 11) is 0. The number of aromatic nitrogens is 1. The molecule has 0 saturated heterocycles. The molecule has 0 bridgehead atoms. The van der Waals surface area contributed by atoms with Crippen molar-refractivity contribution in [2.24, 2.45) is 0 Å². The van der Waals surface area contributed by atoms with Gasteiger partial charge in [-0.05, 0) is 42.0 Å². The molecule has 8 heteroatoms. The van der Waals surface area contributed by atoms with Crippen LogP contribution in [0, 0.1) is 5.82 Å². The fourth-order valence-corrected chi connectivity index (χ4v) is 3.79. The van der Waals surface area contributed by atoms with Crippen LogP contribution in [0.2, 0.25) is 5.02 Å². The number of fused-ring (bicyclic) bond motifs is 1. The number of halogens is 2. The molecule has 5 nitrogen and oxygen atoms in total. The first-order chi connectivity index (χ1) is 15.0. The van der Waals surface area contributed by atoms with E-state index in [9.17, 15) is 19.4 Å². The first-order valence-electron chi connectivity index (χ1n) is 9.55. The minimum absolute atomic E-state index is 0. The molecule has 3 aromatic carbocycles. The van der Waals surface area contributed by atoms with Crippen molar-refractivity contribution < 1.29 is 53.7 Å². The maximum absolute atomic E-state index is 13.1. The number of benzene rings is 3. The Morgan fingerprint density at radius 3 is 2.53 bits per heavy atom. The van der Waals surface area contributed by atoms with Gasteiger partial charge in [0.1, 0.15) is 18.2 Å². The van der Waals surface area contributed by atoms with E-state index in [2.05, 4.69) is 0 Å². The van der Waals surface area contributed by atoms with Crippen molar-refractivity contribution >= 4 is 28.5 Å². The molecule has 158 valence electrons. The van der Waals surface area contributed by atoms with Gasteiger partial charge >= 0.3 is 29.6 Å².